The summed E-state index contributed by atoms with van der Waals surface area (Å²) in [5, 5.41) is 0.753. The lowest BCUT2D eigenvalue weighted by Crippen LogP contribution is -2.24. The summed E-state index contributed by atoms with van der Waals surface area (Å²) in [6, 6.07) is 5.90. The summed E-state index contributed by atoms with van der Waals surface area (Å²) in [5.74, 6) is 0.179. The molecule has 5 heteroatoms. The van der Waals surface area contributed by atoms with Gasteiger partial charge in [-0.05, 0) is 23.6 Å². The summed E-state index contributed by atoms with van der Waals surface area (Å²) < 4.78 is 5.82. The summed E-state index contributed by atoms with van der Waals surface area (Å²) in [7, 11) is 1.45. The molecule has 0 N–H and O–H groups in total. The van der Waals surface area contributed by atoms with Crippen LogP contribution in [0.5, 0.6) is 0 Å². The monoisotopic (exact) mass is 345 g/mol. The molecule has 0 aliphatic carbocycles. The second-order valence-corrected chi connectivity index (χ2v) is 6.36. The van der Waals surface area contributed by atoms with E-state index in [9.17, 15) is 4.79 Å². The molecule has 104 valence electrons. The third-order valence-electron chi connectivity index (χ3n) is 3.60. The zero-order chi connectivity index (χ0) is 14.0. The molecule has 0 amide bonds. The van der Waals surface area contributed by atoms with E-state index < -0.39 is 0 Å². The van der Waals surface area contributed by atoms with Crippen molar-refractivity contribution in [3.05, 3.63) is 33.3 Å². The second kappa shape index (κ2) is 6.25. The first-order valence-electron chi connectivity index (χ1n) is 6.25. The highest BCUT2D eigenvalue weighted by Crippen LogP contribution is 2.28. The van der Waals surface area contributed by atoms with Gasteiger partial charge in [-0.15, -0.1) is 0 Å². The predicted molar refractivity (Wildman–Crippen MR) is 79.1 cm³/mol. The number of carbonyl (C=O) groups excluding carboxylic acids is 1. The molecule has 2 unspecified atom stereocenters. The molecule has 2 atom stereocenters. The smallest absolute Gasteiger partial charge is 0.310 e. The lowest BCUT2D eigenvalue weighted by atomic mass is 9.99. The Kier molecular flexibility index (Phi) is 4.87. The normalized spacial score (nSPS) is 23.6. The Hall–Kier alpha value is -0.580. The van der Waals surface area contributed by atoms with Crippen molar-refractivity contribution < 1.29 is 9.53 Å². The maximum atomic E-state index is 11.7. The van der Waals surface area contributed by atoms with Crippen molar-refractivity contribution in [3.63, 3.8) is 0 Å². The van der Waals surface area contributed by atoms with Crippen LogP contribution in [0.15, 0.2) is 22.7 Å². The standard InChI is InChI=1S/C14H17BrClNO2/c1-9-6-17(8-12(9)14(18)19-2)7-10-3-4-11(15)5-13(10)16/h3-5,9,12H,6-8H2,1-2H3. The minimum atomic E-state index is -0.114. The van der Waals surface area contributed by atoms with Gasteiger partial charge >= 0.3 is 5.97 Å². The van der Waals surface area contributed by atoms with Crippen LogP contribution in [-0.4, -0.2) is 31.1 Å². The van der Waals surface area contributed by atoms with Crippen LogP contribution in [0.1, 0.15) is 12.5 Å². The highest BCUT2D eigenvalue weighted by molar-refractivity contribution is 9.10. The van der Waals surface area contributed by atoms with E-state index in [0.29, 0.717) is 5.92 Å². The number of benzene rings is 1. The zero-order valence-corrected chi connectivity index (χ0v) is 13.4. The number of methoxy groups -OCH3 is 1. The lowest BCUT2D eigenvalue weighted by Gasteiger charge is -2.16. The molecular formula is C14H17BrClNO2. The van der Waals surface area contributed by atoms with Crippen LogP contribution in [0, 0.1) is 11.8 Å². The number of rotatable bonds is 3. The quantitative estimate of drug-likeness (QED) is 0.786. The fraction of sp³-hybridized carbons (Fsp3) is 0.500. The Morgan fingerprint density at radius 3 is 2.89 bits per heavy atom. The predicted octanol–water partition coefficient (Wildman–Crippen LogP) is 3.34. The molecule has 0 spiro atoms. The van der Waals surface area contributed by atoms with Gasteiger partial charge in [0.25, 0.3) is 0 Å². The van der Waals surface area contributed by atoms with E-state index >= 15 is 0 Å². The van der Waals surface area contributed by atoms with Crippen molar-refractivity contribution in [3.8, 4) is 0 Å². The number of hydrogen-bond acceptors (Lipinski definition) is 3. The summed E-state index contributed by atoms with van der Waals surface area (Å²) in [6.45, 7) is 4.49. The average Bonchev–Trinajstić information content (AvgIpc) is 2.73. The van der Waals surface area contributed by atoms with Crippen LogP contribution in [0.25, 0.3) is 0 Å². The van der Waals surface area contributed by atoms with Crippen molar-refractivity contribution in [2.24, 2.45) is 11.8 Å². The van der Waals surface area contributed by atoms with Crippen LogP contribution in [-0.2, 0) is 16.1 Å². The maximum Gasteiger partial charge on any atom is 0.310 e. The van der Waals surface area contributed by atoms with Crippen molar-refractivity contribution in [2.45, 2.75) is 13.5 Å². The number of ether oxygens (including phenoxy) is 1. The number of likely N-dealkylation sites (tertiary alicyclic amines) is 1. The number of hydrogen-bond donors (Lipinski definition) is 0. The SMILES string of the molecule is COC(=O)C1CN(Cc2ccc(Br)cc2Cl)CC1C. The molecule has 1 aliphatic heterocycles. The van der Waals surface area contributed by atoms with Crippen LogP contribution in [0.4, 0.5) is 0 Å². The van der Waals surface area contributed by atoms with E-state index in [-0.39, 0.29) is 11.9 Å². The van der Waals surface area contributed by atoms with Gasteiger partial charge in [-0.25, -0.2) is 0 Å². The molecule has 1 saturated heterocycles. The Morgan fingerprint density at radius 1 is 1.53 bits per heavy atom. The van der Waals surface area contributed by atoms with Gasteiger partial charge in [0.2, 0.25) is 0 Å². The van der Waals surface area contributed by atoms with Crippen molar-refractivity contribution in [1.82, 2.24) is 4.90 Å². The Labute approximate surface area is 127 Å². The first kappa shape index (κ1) is 14.8. The van der Waals surface area contributed by atoms with Crippen molar-refractivity contribution in [2.75, 3.05) is 20.2 Å². The van der Waals surface area contributed by atoms with Gasteiger partial charge in [0.05, 0.1) is 13.0 Å². The fourth-order valence-corrected chi connectivity index (χ4v) is 3.28. The first-order valence-corrected chi connectivity index (χ1v) is 7.42. The van der Waals surface area contributed by atoms with Crippen LogP contribution in [0.2, 0.25) is 5.02 Å². The van der Waals surface area contributed by atoms with E-state index in [0.717, 1.165) is 34.7 Å². The molecule has 0 bridgehead atoms. The molecule has 1 aliphatic rings. The van der Waals surface area contributed by atoms with Crippen molar-refractivity contribution >= 4 is 33.5 Å². The van der Waals surface area contributed by atoms with Gasteiger partial charge in [0.1, 0.15) is 0 Å². The van der Waals surface area contributed by atoms with E-state index in [1.165, 1.54) is 7.11 Å². The van der Waals surface area contributed by atoms with E-state index in [1.807, 2.05) is 18.2 Å². The minimum absolute atomic E-state index is 0.0285. The number of carbonyl (C=O) groups is 1. The molecule has 0 saturated carbocycles. The Balaban J connectivity index is 2.03. The third kappa shape index (κ3) is 3.50. The Bertz CT molecular complexity index is 481. The van der Waals surface area contributed by atoms with Crippen molar-refractivity contribution in [1.29, 1.82) is 0 Å². The van der Waals surface area contributed by atoms with Crippen LogP contribution in [0.3, 0.4) is 0 Å². The molecule has 2 rings (SSSR count). The van der Waals surface area contributed by atoms with Crippen LogP contribution >= 0.6 is 27.5 Å². The zero-order valence-electron chi connectivity index (χ0n) is 11.0. The number of halogens is 2. The van der Waals surface area contributed by atoms with E-state index in [4.69, 9.17) is 16.3 Å². The van der Waals surface area contributed by atoms with E-state index in [1.54, 1.807) is 0 Å². The molecule has 3 nitrogen and oxygen atoms in total. The first-order chi connectivity index (χ1) is 9.01. The topological polar surface area (TPSA) is 29.5 Å². The average molecular weight is 347 g/mol. The van der Waals surface area contributed by atoms with Gasteiger partial charge in [-0.2, -0.15) is 0 Å². The third-order valence-corrected chi connectivity index (χ3v) is 4.45. The van der Waals surface area contributed by atoms with Gasteiger partial charge in [0, 0.05) is 29.1 Å². The highest BCUT2D eigenvalue weighted by Gasteiger charge is 2.35. The second-order valence-electron chi connectivity index (χ2n) is 5.04. The molecule has 1 aromatic carbocycles. The van der Waals surface area contributed by atoms with Gasteiger partial charge in [-0.1, -0.05) is 40.5 Å². The molecule has 1 heterocycles. The lowest BCUT2D eigenvalue weighted by molar-refractivity contribution is -0.146. The van der Waals surface area contributed by atoms with Crippen LogP contribution < -0.4 is 0 Å². The summed E-state index contributed by atoms with van der Waals surface area (Å²) in [4.78, 5) is 13.9. The Morgan fingerprint density at radius 2 is 2.26 bits per heavy atom. The van der Waals surface area contributed by atoms with E-state index in [2.05, 4.69) is 27.8 Å². The molecule has 1 fully saturated rings. The summed E-state index contributed by atoms with van der Waals surface area (Å²) in [6.07, 6.45) is 0. The number of esters is 1. The highest BCUT2D eigenvalue weighted by atomic mass is 79.9. The molecular weight excluding hydrogens is 330 g/mol. The van der Waals surface area contributed by atoms with Gasteiger partial charge < -0.3 is 4.74 Å². The summed E-state index contributed by atoms with van der Waals surface area (Å²) in [5.41, 5.74) is 1.09. The summed E-state index contributed by atoms with van der Waals surface area (Å²) >= 11 is 9.62. The molecule has 0 aromatic heterocycles. The number of nitrogens with zero attached hydrogens (tertiary/aromatic N) is 1. The largest absolute Gasteiger partial charge is 0.469 e. The molecule has 1 aromatic rings. The molecule has 0 radical (unpaired) electrons. The van der Waals surface area contributed by atoms with Gasteiger partial charge in [0.15, 0.2) is 0 Å². The molecule has 19 heavy (non-hydrogen) atoms. The maximum absolute atomic E-state index is 11.7. The minimum Gasteiger partial charge on any atom is -0.469 e. The van der Waals surface area contributed by atoms with Gasteiger partial charge in [-0.3, -0.25) is 9.69 Å². The fourth-order valence-electron chi connectivity index (χ4n) is 2.55.